The van der Waals surface area contributed by atoms with Crippen LogP contribution >= 0.6 is 23.4 Å². The second-order valence-corrected chi connectivity index (χ2v) is 8.38. The number of hydrogen-bond acceptors (Lipinski definition) is 3. The fraction of sp³-hybridized carbons (Fsp3) is 0.300. The third kappa shape index (κ3) is 3.21. The fourth-order valence-corrected chi connectivity index (χ4v) is 4.92. The molecule has 1 aliphatic carbocycles. The van der Waals surface area contributed by atoms with Gasteiger partial charge in [0.05, 0.1) is 17.0 Å². The third-order valence-electron chi connectivity index (χ3n) is 5.08. The van der Waals surface area contributed by atoms with Gasteiger partial charge in [-0.3, -0.25) is 9.59 Å². The van der Waals surface area contributed by atoms with Gasteiger partial charge in [-0.2, -0.15) is 0 Å². The van der Waals surface area contributed by atoms with E-state index in [2.05, 4.69) is 17.4 Å². The summed E-state index contributed by atoms with van der Waals surface area (Å²) >= 11 is 7.41. The number of thioether (sulfide) groups is 1. The number of aryl methyl sites for hydroxylation is 1. The number of carbonyl (C=O) groups excluding carboxylic acids is 2. The molecule has 1 N–H and O–H groups in total. The second kappa shape index (κ2) is 6.97. The highest BCUT2D eigenvalue weighted by atomic mass is 35.5. The van der Waals surface area contributed by atoms with Gasteiger partial charge >= 0.3 is 0 Å². The Kier molecular flexibility index (Phi) is 4.67. The molecule has 134 valence electrons. The van der Waals surface area contributed by atoms with Crippen LogP contribution in [0.15, 0.2) is 47.4 Å². The van der Waals surface area contributed by atoms with E-state index in [1.54, 1.807) is 17.0 Å². The van der Waals surface area contributed by atoms with Gasteiger partial charge in [-0.15, -0.1) is 11.8 Å². The van der Waals surface area contributed by atoms with E-state index in [1.807, 2.05) is 25.2 Å². The summed E-state index contributed by atoms with van der Waals surface area (Å²) in [5.74, 6) is -0.143. The minimum atomic E-state index is -0.421. The van der Waals surface area contributed by atoms with Crippen LogP contribution in [-0.4, -0.2) is 29.0 Å². The fourth-order valence-electron chi connectivity index (χ4n) is 3.67. The molecule has 4 rings (SSSR count). The van der Waals surface area contributed by atoms with E-state index >= 15 is 0 Å². The van der Waals surface area contributed by atoms with Crippen molar-refractivity contribution in [3.8, 4) is 0 Å². The molecule has 0 saturated heterocycles. The average molecular weight is 387 g/mol. The highest BCUT2D eigenvalue weighted by Crippen LogP contribution is 2.39. The smallest absolute Gasteiger partial charge is 0.238 e. The number of rotatable bonds is 3. The van der Waals surface area contributed by atoms with Crippen LogP contribution in [0.25, 0.3) is 0 Å². The number of carbonyl (C=O) groups is 2. The van der Waals surface area contributed by atoms with E-state index in [0.717, 1.165) is 17.7 Å². The van der Waals surface area contributed by atoms with Crippen LogP contribution < -0.4 is 5.32 Å². The number of fused-ring (bicyclic) bond motifs is 2. The van der Waals surface area contributed by atoms with E-state index in [9.17, 15) is 9.59 Å². The third-order valence-corrected chi connectivity index (χ3v) is 6.59. The Morgan fingerprint density at radius 1 is 1.31 bits per heavy atom. The normalized spacial score (nSPS) is 20.9. The predicted octanol–water partition coefficient (Wildman–Crippen LogP) is 4.29. The zero-order valence-corrected chi connectivity index (χ0v) is 15.9. The summed E-state index contributed by atoms with van der Waals surface area (Å²) in [4.78, 5) is 28.0. The first-order valence-corrected chi connectivity index (χ1v) is 9.89. The Labute approximate surface area is 161 Å². The van der Waals surface area contributed by atoms with Crippen molar-refractivity contribution in [2.75, 3.05) is 12.4 Å². The maximum absolute atomic E-state index is 12.8. The standard InChI is InChI=1S/C20H19ClN2O2S/c1-23(16-8-6-12-4-2-3-5-14(12)16)19(24)11-18-20(25)22-15-10-13(21)7-9-17(15)26-18/h2-5,7,9-10,16,18H,6,8,11H2,1H3,(H,22,25)/t16-,18-/m0/s1. The SMILES string of the molecule is CN(C(=O)C[C@@H]1Sc2ccc(Cl)cc2NC1=O)[C@H]1CCc2ccccc21. The Balaban J connectivity index is 1.47. The molecule has 2 aliphatic rings. The number of hydrogen-bond donors (Lipinski definition) is 1. The minimum absolute atomic E-state index is 0.00299. The lowest BCUT2D eigenvalue weighted by Gasteiger charge is -2.29. The van der Waals surface area contributed by atoms with Gasteiger partial charge in [0.1, 0.15) is 0 Å². The minimum Gasteiger partial charge on any atom is -0.339 e. The summed E-state index contributed by atoms with van der Waals surface area (Å²) in [6.07, 6.45) is 2.12. The highest BCUT2D eigenvalue weighted by molar-refractivity contribution is 8.01. The summed E-state index contributed by atoms with van der Waals surface area (Å²) in [5, 5.41) is 3.03. The Morgan fingerprint density at radius 2 is 2.12 bits per heavy atom. The van der Waals surface area contributed by atoms with Gasteiger partial charge in [0.15, 0.2) is 0 Å². The molecule has 26 heavy (non-hydrogen) atoms. The van der Waals surface area contributed by atoms with Crippen molar-refractivity contribution in [1.82, 2.24) is 4.90 Å². The summed E-state index contributed by atoms with van der Waals surface area (Å²) < 4.78 is 0. The predicted molar refractivity (Wildman–Crippen MR) is 105 cm³/mol. The van der Waals surface area contributed by atoms with E-state index in [1.165, 1.54) is 22.9 Å². The molecule has 4 nitrogen and oxygen atoms in total. The van der Waals surface area contributed by atoms with Crippen molar-refractivity contribution >= 4 is 40.9 Å². The highest BCUT2D eigenvalue weighted by Gasteiger charge is 2.33. The van der Waals surface area contributed by atoms with Crippen molar-refractivity contribution in [3.05, 3.63) is 58.6 Å². The monoisotopic (exact) mass is 386 g/mol. The largest absolute Gasteiger partial charge is 0.339 e. The van der Waals surface area contributed by atoms with Gasteiger partial charge < -0.3 is 10.2 Å². The van der Waals surface area contributed by atoms with Crippen molar-refractivity contribution in [2.45, 2.75) is 35.4 Å². The number of nitrogens with zero attached hydrogens (tertiary/aromatic N) is 1. The lowest BCUT2D eigenvalue weighted by atomic mass is 10.1. The van der Waals surface area contributed by atoms with E-state index < -0.39 is 5.25 Å². The van der Waals surface area contributed by atoms with Crippen LogP contribution in [0.5, 0.6) is 0 Å². The number of anilines is 1. The lowest BCUT2D eigenvalue weighted by molar-refractivity contribution is -0.133. The molecule has 0 aromatic heterocycles. The first-order valence-electron chi connectivity index (χ1n) is 8.63. The summed E-state index contributed by atoms with van der Waals surface area (Å²) in [6.45, 7) is 0. The Morgan fingerprint density at radius 3 is 2.96 bits per heavy atom. The van der Waals surface area contributed by atoms with Crippen molar-refractivity contribution in [2.24, 2.45) is 0 Å². The van der Waals surface area contributed by atoms with Gasteiger partial charge in [-0.05, 0) is 42.2 Å². The summed E-state index contributed by atoms with van der Waals surface area (Å²) in [5.41, 5.74) is 3.26. The Bertz CT molecular complexity index is 886. The molecule has 0 radical (unpaired) electrons. The maximum atomic E-state index is 12.8. The molecule has 2 atom stereocenters. The second-order valence-electron chi connectivity index (χ2n) is 6.70. The number of benzene rings is 2. The van der Waals surface area contributed by atoms with Crippen LogP contribution in [0.3, 0.4) is 0 Å². The molecule has 6 heteroatoms. The Hall–Kier alpha value is -1.98. The van der Waals surface area contributed by atoms with E-state index in [0.29, 0.717) is 10.7 Å². The molecule has 2 amide bonds. The average Bonchev–Trinajstić information content (AvgIpc) is 3.06. The molecule has 0 fully saturated rings. The van der Waals surface area contributed by atoms with Gasteiger partial charge in [0.25, 0.3) is 0 Å². The van der Waals surface area contributed by atoms with Gasteiger partial charge in [-0.25, -0.2) is 0 Å². The van der Waals surface area contributed by atoms with Crippen LogP contribution in [-0.2, 0) is 16.0 Å². The maximum Gasteiger partial charge on any atom is 0.238 e. The zero-order chi connectivity index (χ0) is 18.3. The molecule has 2 aromatic rings. The topological polar surface area (TPSA) is 49.4 Å². The van der Waals surface area contributed by atoms with Crippen molar-refractivity contribution in [3.63, 3.8) is 0 Å². The first kappa shape index (κ1) is 17.4. The number of halogens is 1. The van der Waals surface area contributed by atoms with Crippen LogP contribution in [0, 0.1) is 0 Å². The molecule has 0 spiro atoms. The van der Waals surface area contributed by atoms with Crippen molar-refractivity contribution < 1.29 is 9.59 Å². The van der Waals surface area contributed by atoms with E-state index in [-0.39, 0.29) is 24.3 Å². The molecule has 2 aromatic carbocycles. The number of nitrogens with one attached hydrogen (secondary N) is 1. The van der Waals surface area contributed by atoms with Crippen molar-refractivity contribution in [1.29, 1.82) is 0 Å². The molecular weight excluding hydrogens is 368 g/mol. The molecular formula is C20H19ClN2O2S. The molecule has 0 saturated carbocycles. The zero-order valence-electron chi connectivity index (χ0n) is 14.4. The van der Waals surface area contributed by atoms with Gasteiger partial charge in [-0.1, -0.05) is 35.9 Å². The summed E-state index contributed by atoms with van der Waals surface area (Å²) in [6, 6.07) is 13.8. The molecule has 0 bridgehead atoms. The lowest BCUT2D eigenvalue weighted by Crippen LogP contribution is -2.37. The van der Waals surface area contributed by atoms with Crippen LogP contribution in [0.2, 0.25) is 5.02 Å². The van der Waals surface area contributed by atoms with Gasteiger partial charge in [0.2, 0.25) is 11.8 Å². The first-order chi connectivity index (χ1) is 12.5. The summed E-state index contributed by atoms with van der Waals surface area (Å²) in [7, 11) is 1.84. The quantitative estimate of drug-likeness (QED) is 0.856. The molecule has 1 aliphatic heterocycles. The molecule has 0 unspecified atom stereocenters. The van der Waals surface area contributed by atoms with E-state index in [4.69, 9.17) is 11.6 Å². The van der Waals surface area contributed by atoms with Crippen LogP contribution in [0.4, 0.5) is 5.69 Å². The molecule has 1 heterocycles. The number of amides is 2. The van der Waals surface area contributed by atoms with Crippen LogP contribution in [0.1, 0.15) is 30.0 Å². The van der Waals surface area contributed by atoms with Gasteiger partial charge in [0, 0.05) is 23.4 Å².